The van der Waals surface area contributed by atoms with Crippen molar-refractivity contribution in [1.82, 2.24) is 0 Å². The van der Waals surface area contributed by atoms with Crippen molar-refractivity contribution < 1.29 is 52.7 Å². The largest absolute Gasteiger partial charge is 0.514 e. The summed E-state index contributed by atoms with van der Waals surface area (Å²) in [6.07, 6.45) is -3.85. The highest BCUT2D eigenvalue weighted by Gasteiger charge is 2.36. The molecule has 0 aliphatic heterocycles. The van der Waals surface area contributed by atoms with Crippen LogP contribution in [0.4, 0.5) is 14.4 Å². The van der Waals surface area contributed by atoms with E-state index in [-0.39, 0.29) is 24.0 Å². The summed E-state index contributed by atoms with van der Waals surface area (Å²) in [6.45, 7) is 17.0. The molecule has 0 bridgehead atoms. The van der Waals surface area contributed by atoms with E-state index in [0.29, 0.717) is 5.56 Å². The second-order valence-electron chi connectivity index (χ2n) is 11.9. The summed E-state index contributed by atoms with van der Waals surface area (Å²) in [5.41, 5.74) is 4.64. The predicted octanol–water partition coefficient (Wildman–Crippen LogP) is 5.64. The van der Waals surface area contributed by atoms with Gasteiger partial charge in [-0.25, -0.2) is 14.4 Å². The average molecular weight is 570 g/mol. The molecule has 40 heavy (non-hydrogen) atoms. The average Bonchev–Trinajstić information content (AvgIpc) is 2.76. The number of hydrogen-bond acceptors (Lipinski definition) is 11. The maximum absolute atomic E-state index is 12.5. The van der Waals surface area contributed by atoms with E-state index >= 15 is 0 Å². The van der Waals surface area contributed by atoms with Crippen molar-refractivity contribution in [3.63, 3.8) is 0 Å². The lowest BCUT2D eigenvalue weighted by Crippen LogP contribution is -2.42. The van der Waals surface area contributed by atoms with Crippen LogP contribution >= 0.6 is 0 Å². The zero-order chi connectivity index (χ0) is 31.0. The van der Waals surface area contributed by atoms with Crippen LogP contribution in [0.3, 0.4) is 0 Å². The quantitative estimate of drug-likeness (QED) is 0.202. The predicted molar refractivity (Wildman–Crippen MR) is 144 cm³/mol. The van der Waals surface area contributed by atoms with Gasteiger partial charge in [0.1, 0.15) is 23.3 Å². The van der Waals surface area contributed by atoms with Gasteiger partial charge in [-0.1, -0.05) is 26.8 Å². The second kappa shape index (κ2) is 14.2. The first-order chi connectivity index (χ1) is 18.2. The van der Waals surface area contributed by atoms with Crippen LogP contribution < -0.4 is 15.2 Å². The first-order valence-electron chi connectivity index (χ1n) is 13.0. The topological polar surface area (TPSA) is 170 Å². The van der Waals surface area contributed by atoms with E-state index < -0.39 is 59.6 Å². The van der Waals surface area contributed by atoms with Crippen molar-refractivity contribution in [3.05, 3.63) is 23.8 Å². The molecule has 0 saturated heterocycles. The summed E-state index contributed by atoms with van der Waals surface area (Å²) in [6, 6.07) is 2.66. The zero-order valence-corrected chi connectivity index (χ0v) is 24.9. The van der Waals surface area contributed by atoms with Gasteiger partial charge in [0, 0.05) is 11.8 Å². The Morgan fingerprint density at radius 2 is 1.32 bits per heavy atom. The molecular weight excluding hydrogens is 526 g/mol. The number of ether oxygens (including phenoxy) is 6. The third-order valence-electron chi connectivity index (χ3n) is 5.31. The molecule has 0 aliphatic rings. The van der Waals surface area contributed by atoms with Gasteiger partial charge in [-0.05, 0) is 72.1 Å². The maximum Gasteiger partial charge on any atom is 0.514 e. The molecule has 0 heterocycles. The fourth-order valence-electron chi connectivity index (χ4n) is 3.43. The molecule has 1 aromatic rings. The standard InChI is InChI=1S/C28H43NO11/c1-15(2)14-35-24(32)36-17(4)16(3)21(22(29)23(30)31)18-11-12-19(37-25(33)39-27(5,6)7)20(13-18)38-26(34)40-28(8,9)10/h11-13,15-17,21-22H,14,29H2,1-10H3,(H,30,31)/t16?,17?,21?,22-/m0/s1. The Hall–Kier alpha value is -3.54. The van der Waals surface area contributed by atoms with Crippen LogP contribution in [0.1, 0.15) is 80.7 Å². The Morgan fingerprint density at radius 1 is 0.825 bits per heavy atom. The van der Waals surface area contributed by atoms with Crippen LogP contribution in [0, 0.1) is 11.8 Å². The van der Waals surface area contributed by atoms with Gasteiger partial charge < -0.3 is 39.3 Å². The molecule has 0 saturated carbocycles. The number of benzene rings is 1. The number of nitrogens with two attached hydrogens (primary N) is 1. The molecule has 3 N–H and O–H groups in total. The van der Waals surface area contributed by atoms with E-state index in [4.69, 9.17) is 34.2 Å². The van der Waals surface area contributed by atoms with Crippen LogP contribution in [0.25, 0.3) is 0 Å². The highest BCUT2D eigenvalue weighted by molar-refractivity contribution is 5.75. The van der Waals surface area contributed by atoms with Gasteiger partial charge in [0.25, 0.3) is 0 Å². The molecular formula is C28H43NO11. The minimum absolute atomic E-state index is 0.0956. The summed E-state index contributed by atoms with van der Waals surface area (Å²) in [4.78, 5) is 48.9. The third-order valence-corrected chi connectivity index (χ3v) is 5.31. The molecule has 4 atom stereocenters. The lowest BCUT2D eigenvalue weighted by atomic mass is 9.79. The number of hydrogen-bond donors (Lipinski definition) is 2. The molecule has 1 rings (SSSR count). The summed E-state index contributed by atoms with van der Waals surface area (Å²) in [7, 11) is 0. The third kappa shape index (κ3) is 12.1. The van der Waals surface area contributed by atoms with Crippen LogP contribution in [0.2, 0.25) is 0 Å². The lowest BCUT2D eigenvalue weighted by Gasteiger charge is -2.31. The van der Waals surface area contributed by atoms with Crippen molar-refractivity contribution >= 4 is 24.4 Å². The second-order valence-corrected chi connectivity index (χ2v) is 11.9. The van der Waals surface area contributed by atoms with Gasteiger partial charge in [-0.15, -0.1) is 0 Å². The van der Waals surface area contributed by atoms with E-state index in [0.717, 1.165) is 0 Å². The molecule has 12 heteroatoms. The molecule has 1 aromatic carbocycles. The zero-order valence-electron chi connectivity index (χ0n) is 24.9. The molecule has 0 aliphatic carbocycles. The van der Waals surface area contributed by atoms with Gasteiger partial charge in [0.05, 0.1) is 6.61 Å². The van der Waals surface area contributed by atoms with E-state index in [1.54, 1.807) is 55.4 Å². The van der Waals surface area contributed by atoms with Crippen LogP contribution in [-0.2, 0) is 23.7 Å². The van der Waals surface area contributed by atoms with Gasteiger partial charge in [-0.2, -0.15) is 0 Å². The Labute approximate surface area is 235 Å². The number of carbonyl (C=O) groups is 4. The molecule has 0 radical (unpaired) electrons. The van der Waals surface area contributed by atoms with Gasteiger partial charge >= 0.3 is 24.4 Å². The monoisotopic (exact) mass is 569 g/mol. The molecule has 0 fully saturated rings. The molecule has 226 valence electrons. The molecule has 12 nitrogen and oxygen atoms in total. The number of aliphatic carboxylic acids is 1. The maximum atomic E-state index is 12.5. The Morgan fingerprint density at radius 3 is 1.77 bits per heavy atom. The summed E-state index contributed by atoms with van der Waals surface area (Å²) < 4.78 is 31.5. The van der Waals surface area contributed by atoms with Gasteiger partial charge in [0.2, 0.25) is 0 Å². The SMILES string of the molecule is CC(C)COC(=O)OC(C)C(C)C(c1ccc(OC(=O)OC(C)(C)C)c(OC(=O)OC(C)(C)C)c1)[C@H](N)C(=O)O. The Balaban J connectivity index is 3.45. The lowest BCUT2D eigenvalue weighted by molar-refractivity contribution is -0.139. The van der Waals surface area contributed by atoms with Crippen LogP contribution in [0.15, 0.2) is 18.2 Å². The summed E-state index contributed by atoms with van der Waals surface area (Å²) in [5.74, 6) is -3.22. The van der Waals surface area contributed by atoms with Crippen molar-refractivity contribution in [1.29, 1.82) is 0 Å². The molecule has 3 unspecified atom stereocenters. The first kappa shape index (κ1) is 34.5. The number of rotatable bonds is 10. The first-order valence-corrected chi connectivity index (χ1v) is 13.0. The van der Waals surface area contributed by atoms with Crippen LogP contribution in [-0.4, -0.2) is 59.5 Å². The minimum Gasteiger partial charge on any atom is -0.480 e. The van der Waals surface area contributed by atoms with E-state index in [9.17, 15) is 24.3 Å². The van der Waals surface area contributed by atoms with Crippen molar-refractivity contribution in [2.75, 3.05) is 6.61 Å². The molecule has 0 amide bonds. The highest BCUT2D eigenvalue weighted by Crippen LogP contribution is 2.37. The van der Waals surface area contributed by atoms with Gasteiger partial charge in [0.15, 0.2) is 11.5 Å². The Bertz CT molecular complexity index is 1040. The summed E-state index contributed by atoms with van der Waals surface area (Å²) in [5, 5.41) is 9.75. The fourth-order valence-corrected chi connectivity index (χ4v) is 3.43. The fraction of sp³-hybridized carbons (Fsp3) is 0.643. The number of carboxylic acids is 1. The number of carbonyl (C=O) groups excluding carboxylic acids is 3. The van der Waals surface area contributed by atoms with Crippen molar-refractivity contribution in [3.8, 4) is 11.5 Å². The molecule has 0 spiro atoms. The van der Waals surface area contributed by atoms with E-state index in [1.807, 2.05) is 13.8 Å². The minimum atomic E-state index is -1.44. The van der Waals surface area contributed by atoms with Gasteiger partial charge in [-0.3, -0.25) is 4.79 Å². The van der Waals surface area contributed by atoms with Crippen molar-refractivity contribution in [2.45, 2.75) is 98.5 Å². The van der Waals surface area contributed by atoms with E-state index in [1.165, 1.54) is 18.2 Å². The Kier molecular flexibility index (Phi) is 12.2. The normalized spacial score (nSPS) is 14.8. The molecule has 0 aromatic heterocycles. The number of carboxylic acid groups (broad SMARTS) is 1. The van der Waals surface area contributed by atoms with Crippen LogP contribution in [0.5, 0.6) is 11.5 Å². The highest BCUT2D eigenvalue weighted by atomic mass is 16.8. The van der Waals surface area contributed by atoms with E-state index in [2.05, 4.69) is 0 Å². The van der Waals surface area contributed by atoms with Crippen molar-refractivity contribution in [2.24, 2.45) is 17.6 Å². The summed E-state index contributed by atoms with van der Waals surface area (Å²) >= 11 is 0. The smallest absolute Gasteiger partial charge is 0.480 e.